The molecule has 0 fully saturated rings. The Morgan fingerprint density at radius 2 is 2.07 bits per heavy atom. The van der Waals surface area contributed by atoms with Crippen LogP contribution in [-0.4, -0.2) is 20.0 Å². The lowest BCUT2D eigenvalue weighted by Gasteiger charge is -2.03. The summed E-state index contributed by atoms with van der Waals surface area (Å²) in [5, 5.41) is 7.06. The summed E-state index contributed by atoms with van der Waals surface area (Å²) in [6.07, 6.45) is 1.47. The Bertz CT molecular complexity index is 478. The van der Waals surface area contributed by atoms with E-state index >= 15 is 0 Å². The third kappa shape index (κ3) is 1.76. The number of nitrogens with zero attached hydrogens (tertiary/aromatic N) is 4. The van der Waals surface area contributed by atoms with E-state index in [0.29, 0.717) is 9.99 Å². The summed E-state index contributed by atoms with van der Waals surface area (Å²) in [5.41, 5.74) is 0.478. The Labute approximate surface area is 93.6 Å². The summed E-state index contributed by atoms with van der Waals surface area (Å²) in [6.45, 7) is 0. The van der Waals surface area contributed by atoms with E-state index in [9.17, 15) is 8.78 Å². The Morgan fingerprint density at radius 3 is 2.71 bits per heavy atom. The van der Waals surface area contributed by atoms with Crippen LogP contribution >= 0.6 is 31.9 Å². The molecule has 0 atom stereocenters. The van der Waals surface area contributed by atoms with Crippen LogP contribution in [0.3, 0.4) is 0 Å². The molecule has 4 nitrogen and oxygen atoms in total. The van der Waals surface area contributed by atoms with Crippen molar-refractivity contribution in [3.8, 4) is 0 Å². The van der Waals surface area contributed by atoms with Crippen molar-refractivity contribution in [1.82, 2.24) is 20.0 Å². The highest BCUT2D eigenvalue weighted by atomic mass is 79.9. The largest absolute Gasteiger partial charge is 0.416 e. The predicted octanol–water partition coefficient (Wildman–Crippen LogP) is 2.49. The van der Waals surface area contributed by atoms with Gasteiger partial charge in [-0.25, -0.2) is 4.98 Å². The normalized spacial score (nSPS) is 12.3. The van der Waals surface area contributed by atoms with Gasteiger partial charge in [0.15, 0.2) is 0 Å². The molecule has 0 aromatic carbocycles. The van der Waals surface area contributed by atoms with E-state index in [0.717, 1.165) is 0 Å². The van der Waals surface area contributed by atoms with Gasteiger partial charge in [0.25, 0.3) is 0 Å². The highest BCUT2D eigenvalue weighted by molar-refractivity contribution is 9.10. The molecule has 0 saturated heterocycles. The molecule has 2 aromatic rings. The van der Waals surface area contributed by atoms with E-state index in [-0.39, 0.29) is 10.4 Å². The van der Waals surface area contributed by atoms with Gasteiger partial charge in [0.2, 0.25) is 5.65 Å². The second-order valence-corrected chi connectivity index (χ2v) is 4.32. The molecule has 0 saturated carbocycles. The van der Waals surface area contributed by atoms with Gasteiger partial charge in [-0.1, -0.05) is 0 Å². The molecule has 0 aliphatic heterocycles. The Morgan fingerprint density at radius 1 is 1.36 bits per heavy atom. The van der Waals surface area contributed by atoms with Crippen LogP contribution in [0.15, 0.2) is 16.7 Å². The summed E-state index contributed by atoms with van der Waals surface area (Å²) < 4.78 is 26.1. The van der Waals surface area contributed by atoms with Gasteiger partial charge in [-0.3, -0.25) is 0 Å². The molecular weight excluding hydrogens is 326 g/mol. The van der Waals surface area contributed by atoms with Crippen LogP contribution in [0.1, 0.15) is 0 Å². The highest BCUT2D eigenvalue weighted by Gasteiger charge is 2.29. The van der Waals surface area contributed by atoms with E-state index < -0.39 is 4.96 Å². The van der Waals surface area contributed by atoms with Crippen molar-refractivity contribution in [2.45, 2.75) is 4.96 Å². The van der Waals surface area contributed by atoms with Gasteiger partial charge < -0.3 is 0 Å². The molecule has 2 heterocycles. The fourth-order valence-electron chi connectivity index (χ4n) is 0.900. The molecule has 0 amide bonds. The highest BCUT2D eigenvalue weighted by Crippen LogP contribution is 2.27. The minimum Gasteiger partial charge on any atom is -0.232 e. The first-order valence-corrected chi connectivity index (χ1v) is 5.01. The monoisotopic (exact) mass is 326 g/mol. The zero-order chi connectivity index (χ0) is 10.3. The number of aromatic nitrogens is 4. The minimum atomic E-state index is -3.29. The quantitative estimate of drug-likeness (QED) is 0.756. The van der Waals surface area contributed by atoms with E-state index in [4.69, 9.17) is 0 Å². The average Bonchev–Trinajstić information content (AvgIpc) is 2.45. The molecule has 0 aliphatic carbocycles. The molecule has 0 bridgehead atoms. The standard InChI is InChI=1S/C6H2Br2F2N4/c7-3-1-4-5(11-2-3)13-14(12-4)6(8,9)10/h1-2H. The van der Waals surface area contributed by atoms with Crippen LogP contribution in [0.4, 0.5) is 8.78 Å². The summed E-state index contributed by atoms with van der Waals surface area (Å²) >= 11 is 5.30. The summed E-state index contributed by atoms with van der Waals surface area (Å²) in [4.78, 5) is 0.803. The van der Waals surface area contributed by atoms with Crippen LogP contribution in [0.2, 0.25) is 0 Å². The van der Waals surface area contributed by atoms with E-state index in [1.54, 1.807) is 6.07 Å². The smallest absolute Gasteiger partial charge is 0.232 e. The fraction of sp³-hybridized carbons (Fsp3) is 0.167. The van der Waals surface area contributed by atoms with Gasteiger partial charge in [0.05, 0.1) is 0 Å². The van der Waals surface area contributed by atoms with Crippen molar-refractivity contribution in [2.24, 2.45) is 0 Å². The zero-order valence-electron chi connectivity index (χ0n) is 6.46. The molecule has 0 aliphatic rings. The van der Waals surface area contributed by atoms with Crippen molar-refractivity contribution in [1.29, 1.82) is 0 Å². The first kappa shape index (κ1) is 9.91. The number of rotatable bonds is 1. The van der Waals surface area contributed by atoms with Crippen LogP contribution in [-0.2, 0) is 4.96 Å². The van der Waals surface area contributed by atoms with Gasteiger partial charge in [0, 0.05) is 26.6 Å². The van der Waals surface area contributed by atoms with Crippen LogP contribution in [0, 0.1) is 0 Å². The maximum Gasteiger partial charge on any atom is 0.416 e. The van der Waals surface area contributed by atoms with Crippen LogP contribution < -0.4 is 0 Å². The van der Waals surface area contributed by atoms with Gasteiger partial charge in [-0.05, 0) is 22.0 Å². The van der Waals surface area contributed by atoms with Gasteiger partial charge in [0.1, 0.15) is 5.52 Å². The Hall–Kier alpha value is -0.630. The molecule has 0 spiro atoms. The molecule has 0 unspecified atom stereocenters. The molecule has 2 aromatic heterocycles. The van der Waals surface area contributed by atoms with Crippen molar-refractivity contribution in [3.63, 3.8) is 0 Å². The molecule has 0 radical (unpaired) electrons. The second kappa shape index (κ2) is 3.20. The molecular formula is C6H2Br2F2N4. The summed E-state index contributed by atoms with van der Waals surface area (Å²) in [6, 6.07) is 1.56. The number of hydrogen-bond donors (Lipinski definition) is 0. The number of halogens is 4. The minimum absolute atomic E-state index is 0.173. The lowest BCUT2D eigenvalue weighted by molar-refractivity contribution is 0.00637. The van der Waals surface area contributed by atoms with Gasteiger partial charge in [-0.2, -0.15) is 8.78 Å². The summed E-state index contributed by atoms with van der Waals surface area (Å²) in [7, 11) is 0. The van der Waals surface area contributed by atoms with Crippen molar-refractivity contribution in [2.75, 3.05) is 0 Å². The molecule has 2 rings (SSSR count). The maximum absolute atomic E-state index is 12.7. The second-order valence-electron chi connectivity index (χ2n) is 2.45. The van der Waals surface area contributed by atoms with E-state index in [2.05, 4.69) is 47.0 Å². The topological polar surface area (TPSA) is 43.6 Å². The van der Waals surface area contributed by atoms with Crippen LogP contribution in [0.5, 0.6) is 0 Å². The third-order valence-corrected chi connectivity index (χ3v) is 2.18. The molecule has 8 heteroatoms. The van der Waals surface area contributed by atoms with Gasteiger partial charge in [-0.15, -0.1) is 15.0 Å². The van der Waals surface area contributed by atoms with E-state index in [1.165, 1.54) is 6.20 Å². The molecule has 0 N–H and O–H groups in total. The third-order valence-electron chi connectivity index (χ3n) is 1.43. The molecule has 14 heavy (non-hydrogen) atoms. The number of alkyl halides is 3. The maximum atomic E-state index is 12.7. The first-order valence-electron chi connectivity index (χ1n) is 3.42. The summed E-state index contributed by atoms with van der Waals surface area (Å²) in [5.74, 6) is 0. The Kier molecular flexibility index (Phi) is 2.26. The fourth-order valence-corrected chi connectivity index (χ4v) is 1.38. The van der Waals surface area contributed by atoms with E-state index in [1.807, 2.05) is 0 Å². The predicted molar refractivity (Wildman–Crippen MR) is 52.1 cm³/mol. The van der Waals surface area contributed by atoms with Crippen molar-refractivity contribution >= 4 is 43.0 Å². The molecule has 74 valence electrons. The SMILES string of the molecule is FC(F)(Br)n1nc2cc(Br)cnc2n1. The zero-order valence-corrected chi connectivity index (χ0v) is 9.63. The number of fused-ring (bicyclic) bond motifs is 1. The van der Waals surface area contributed by atoms with Crippen molar-refractivity contribution < 1.29 is 8.78 Å². The van der Waals surface area contributed by atoms with Gasteiger partial charge >= 0.3 is 4.96 Å². The number of hydrogen-bond acceptors (Lipinski definition) is 3. The lowest BCUT2D eigenvalue weighted by Crippen LogP contribution is -2.17. The first-order chi connectivity index (χ1) is 6.47. The number of pyridine rings is 1. The lowest BCUT2D eigenvalue weighted by atomic mass is 10.4. The average molecular weight is 328 g/mol. The van der Waals surface area contributed by atoms with Crippen molar-refractivity contribution in [3.05, 3.63) is 16.7 Å². The van der Waals surface area contributed by atoms with Crippen LogP contribution in [0.25, 0.3) is 11.2 Å². The Balaban J connectivity index is 2.63.